The number of aromatic carboxylic acids is 1. The van der Waals surface area contributed by atoms with Crippen LogP contribution in [-0.2, 0) is 0 Å². The number of carbonyl (C=O) groups is 2. The van der Waals surface area contributed by atoms with Crippen molar-refractivity contribution in [3.05, 3.63) is 35.4 Å². The highest BCUT2D eigenvalue weighted by Crippen LogP contribution is 2.33. The van der Waals surface area contributed by atoms with E-state index in [9.17, 15) is 9.59 Å². The van der Waals surface area contributed by atoms with Crippen molar-refractivity contribution in [2.75, 3.05) is 0 Å². The molecule has 0 radical (unpaired) electrons. The molecule has 1 amide bonds. The summed E-state index contributed by atoms with van der Waals surface area (Å²) < 4.78 is 0. The van der Waals surface area contributed by atoms with Gasteiger partial charge in [0, 0.05) is 11.6 Å². The standard InChI is InChI=1S/C14H17NO3/c1-9(7-10-5-6-10)15-13(16)11-3-2-4-12(8-11)14(17)18/h2-4,8-10H,5-7H2,1H3,(H,15,16)(H,17,18). The highest BCUT2D eigenvalue weighted by Gasteiger charge is 2.24. The largest absolute Gasteiger partial charge is 0.478 e. The Morgan fingerprint density at radius 1 is 1.39 bits per heavy atom. The van der Waals surface area contributed by atoms with E-state index in [0.29, 0.717) is 5.56 Å². The summed E-state index contributed by atoms with van der Waals surface area (Å²) in [5.41, 5.74) is 0.537. The van der Waals surface area contributed by atoms with Crippen molar-refractivity contribution in [3.8, 4) is 0 Å². The average Bonchev–Trinajstić information content (AvgIpc) is 3.12. The van der Waals surface area contributed by atoms with Crippen LogP contribution in [0, 0.1) is 5.92 Å². The van der Waals surface area contributed by atoms with E-state index in [4.69, 9.17) is 5.11 Å². The number of nitrogens with one attached hydrogen (secondary N) is 1. The van der Waals surface area contributed by atoms with Crippen molar-refractivity contribution < 1.29 is 14.7 Å². The van der Waals surface area contributed by atoms with Gasteiger partial charge in [-0.15, -0.1) is 0 Å². The molecule has 1 aliphatic carbocycles. The van der Waals surface area contributed by atoms with Gasteiger partial charge in [0.1, 0.15) is 0 Å². The highest BCUT2D eigenvalue weighted by molar-refractivity contribution is 5.97. The Labute approximate surface area is 106 Å². The first-order valence-corrected chi connectivity index (χ1v) is 6.20. The number of benzene rings is 1. The molecule has 0 aliphatic heterocycles. The molecule has 0 aromatic heterocycles. The summed E-state index contributed by atoms with van der Waals surface area (Å²) in [5, 5.41) is 11.8. The summed E-state index contributed by atoms with van der Waals surface area (Å²) >= 11 is 0. The van der Waals surface area contributed by atoms with E-state index in [-0.39, 0.29) is 17.5 Å². The molecule has 0 spiro atoms. The van der Waals surface area contributed by atoms with Crippen LogP contribution in [0.1, 0.15) is 46.9 Å². The molecule has 1 saturated carbocycles. The van der Waals surface area contributed by atoms with E-state index in [1.165, 1.54) is 25.0 Å². The van der Waals surface area contributed by atoms with Crippen LogP contribution in [0.4, 0.5) is 0 Å². The maximum absolute atomic E-state index is 11.9. The molecule has 0 heterocycles. The Hall–Kier alpha value is -1.84. The fraction of sp³-hybridized carbons (Fsp3) is 0.429. The molecule has 4 heteroatoms. The Morgan fingerprint density at radius 2 is 2.06 bits per heavy atom. The van der Waals surface area contributed by atoms with Crippen LogP contribution in [0.3, 0.4) is 0 Å². The van der Waals surface area contributed by atoms with Crippen LogP contribution in [0.2, 0.25) is 0 Å². The van der Waals surface area contributed by atoms with Gasteiger partial charge in [-0.3, -0.25) is 4.79 Å². The minimum absolute atomic E-state index is 0.137. The fourth-order valence-corrected chi connectivity index (χ4v) is 2.01. The number of amides is 1. The second-order valence-electron chi connectivity index (χ2n) is 4.94. The van der Waals surface area contributed by atoms with Gasteiger partial charge >= 0.3 is 5.97 Å². The molecule has 18 heavy (non-hydrogen) atoms. The van der Waals surface area contributed by atoms with Crippen molar-refractivity contribution >= 4 is 11.9 Å². The van der Waals surface area contributed by atoms with Gasteiger partial charge in [-0.2, -0.15) is 0 Å². The number of carbonyl (C=O) groups excluding carboxylic acids is 1. The molecule has 1 atom stereocenters. The normalized spacial score (nSPS) is 16.1. The first-order valence-electron chi connectivity index (χ1n) is 6.20. The lowest BCUT2D eigenvalue weighted by atomic mass is 10.1. The fourth-order valence-electron chi connectivity index (χ4n) is 2.01. The summed E-state index contributed by atoms with van der Waals surface area (Å²) in [4.78, 5) is 22.7. The molecule has 2 rings (SSSR count). The van der Waals surface area contributed by atoms with Crippen molar-refractivity contribution in [2.24, 2.45) is 5.92 Å². The second kappa shape index (κ2) is 5.21. The number of rotatable bonds is 5. The molecule has 4 nitrogen and oxygen atoms in total. The van der Waals surface area contributed by atoms with E-state index in [1.807, 2.05) is 6.92 Å². The van der Waals surface area contributed by atoms with Crippen molar-refractivity contribution in [1.29, 1.82) is 0 Å². The van der Waals surface area contributed by atoms with Crippen molar-refractivity contribution in [3.63, 3.8) is 0 Å². The predicted octanol–water partition coefficient (Wildman–Crippen LogP) is 2.30. The quantitative estimate of drug-likeness (QED) is 0.839. The zero-order chi connectivity index (χ0) is 13.1. The van der Waals surface area contributed by atoms with Crippen LogP contribution in [0.5, 0.6) is 0 Å². The zero-order valence-corrected chi connectivity index (χ0v) is 10.3. The van der Waals surface area contributed by atoms with Gasteiger partial charge in [-0.05, 0) is 37.5 Å². The summed E-state index contributed by atoms with van der Waals surface area (Å²) in [6.45, 7) is 1.98. The maximum atomic E-state index is 11.9. The molecular formula is C14H17NO3. The van der Waals surface area contributed by atoms with Gasteiger partial charge in [-0.1, -0.05) is 18.9 Å². The minimum Gasteiger partial charge on any atom is -0.478 e. The molecule has 0 bridgehead atoms. The lowest BCUT2D eigenvalue weighted by Crippen LogP contribution is -2.32. The lowest BCUT2D eigenvalue weighted by molar-refractivity contribution is 0.0697. The molecule has 1 fully saturated rings. The van der Waals surface area contributed by atoms with Gasteiger partial charge in [0.25, 0.3) is 5.91 Å². The monoisotopic (exact) mass is 247 g/mol. The third kappa shape index (κ3) is 3.32. The third-order valence-electron chi connectivity index (χ3n) is 3.13. The third-order valence-corrected chi connectivity index (χ3v) is 3.13. The van der Waals surface area contributed by atoms with Gasteiger partial charge in [0.15, 0.2) is 0 Å². The van der Waals surface area contributed by atoms with E-state index in [0.717, 1.165) is 12.3 Å². The van der Waals surface area contributed by atoms with E-state index >= 15 is 0 Å². The molecule has 1 aliphatic rings. The summed E-state index contributed by atoms with van der Waals surface area (Å²) in [5.74, 6) is -0.465. The number of carboxylic acids is 1. The first-order chi connectivity index (χ1) is 8.56. The molecule has 1 aromatic rings. The average molecular weight is 247 g/mol. The summed E-state index contributed by atoms with van der Waals surface area (Å²) in [6, 6.07) is 6.24. The van der Waals surface area contributed by atoms with Crippen LogP contribution >= 0.6 is 0 Å². The predicted molar refractivity (Wildman–Crippen MR) is 67.7 cm³/mol. The van der Waals surface area contributed by atoms with Crippen molar-refractivity contribution in [2.45, 2.75) is 32.2 Å². The molecular weight excluding hydrogens is 230 g/mol. The van der Waals surface area contributed by atoms with Gasteiger partial charge in [0.2, 0.25) is 0 Å². The van der Waals surface area contributed by atoms with E-state index in [1.54, 1.807) is 12.1 Å². The summed E-state index contributed by atoms with van der Waals surface area (Å²) in [7, 11) is 0. The minimum atomic E-state index is -1.02. The van der Waals surface area contributed by atoms with Crippen LogP contribution < -0.4 is 5.32 Å². The van der Waals surface area contributed by atoms with Gasteiger partial charge in [-0.25, -0.2) is 4.79 Å². The van der Waals surface area contributed by atoms with Crippen molar-refractivity contribution in [1.82, 2.24) is 5.32 Å². The Balaban J connectivity index is 1.98. The van der Waals surface area contributed by atoms with E-state index in [2.05, 4.69) is 5.32 Å². The molecule has 96 valence electrons. The number of hydrogen-bond donors (Lipinski definition) is 2. The topological polar surface area (TPSA) is 66.4 Å². The highest BCUT2D eigenvalue weighted by atomic mass is 16.4. The van der Waals surface area contributed by atoms with E-state index < -0.39 is 5.97 Å². The van der Waals surface area contributed by atoms with Crippen LogP contribution in [0.15, 0.2) is 24.3 Å². The SMILES string of the molecule is CC(CC1CC1)NC(=O)c1cccc(C(=O)O)c1. The smallest absolute Gasteiger partial charge is 0.335 e. The van der Waals surface area contributed by atoms with Gasteiger partial charge < -0.3 is 10.4 Å². The van der Waals surface area contributed by atoms with Gasteiger partial charge in [0.05, 0.1) is 5.56 Å². The Morgan fingerprint density at radius 3 is 2.67 bits per heavy atom. The summed E-state index contributed by atoms with van der Waals surface area (Å²) in [6.07, 6.45) is 3.52. The lowest BCUT2D eigenvalue weighted by Gasteiger charge is -2.13. The molecule has 1 aromatic carbocycles. The Kier molecular flexibility index (Phi) is 3.65. The zero-order valence-electron chi connectivity index (χ0n) is 10.3. The van der Waals surface area contributed by atoms with Crippen LogP contribution in [0.25, 0.3) is 0 Å². The second-order valence-corrected chi connectivity index (χ2v) is 4.94. The molecule has 0 saturated heterocycles. The number of carboxylic acid groups (broad SMARTS) is 1. The maximum Gasteiger partial charge on any atom is 0.335 e. The molecule has 1 unspecified atom stereocenters. The molecule has 2 N–H and O–H groups in total. The first kappa shape index (κ1) is 12.6. The Bertz CT molecular complexity index is 466. The number of hydrogen-bond acceptors (Lipinski definition) is 2. The van der Waals surface area contributed by atoms with Crippen LogP contribution in [-0.4, -0.2) is 23.0 Å².